The van der Waals surface area contributed by atoms with Crippen molar-refractivity contribution in [1.29, 1.82) is 0 Å². The van der Waals surface area contributed by atoms with Gasteiger partial charge < -0.3 is 10.4 Å². The molecular formula is C12H13F3N2O3S2. The third-order valence-electron chi connectivity index (χ3n) is 2.21. The average Bonchev–Trinajstić information content (AvgIpc) is 2.44. The highest BCUT2D eigenvalue weighted by molar-refractivity contribution is 8.00. The van der Waals surface area contributed by atoms with Crippen LogP contribution < -0.4 is 5.32 Å². The third kappa shape index (κ3) is 7.55. The maximum absolute atomic E-state index is 12.3. The van der Waals surface area contributed by atoms with Crippen molar-refractivity contribution in [2.75, 3.05) is 23.8 Å². The SMILES string of the molecule is O=C(O)CSCCNC(=O)CSc1ccc(C(F)(F)F)cn1. The van der Waals surface area contributed by atoms with Crippen molar-refractivity contribution in [3.05, 3.63) is 23.9 Å². The summed E-state index contributed by atoms with van der Waals surface area (Å²) in [5.74, 6) is -0.730. The van der Waals surface area contributed by atoms with Gasteiger partial charge in [-0.3, -0.25) is 9.59 Å². The van der Waals surface area contributed by atoms with E-state index in [1.807, 2.05) is 0 Å². The van der Waals surface area contributed by atoms with Crippen molar-refractivity contribution in [3.63, 3.8) is 0 Å². The topological polar surface area (TPSA) is 79.3 Å². The van der Waals surface area contributed by atoms with Crippen LogP contribution in [0.25, 0.3) is 0 Å². The van der Waals surface area contributed by atoms with Crippen LogP contribution >= 0.6 is 23.5 Å². The molecule has 22 heavy (non-hydrogen) atoms. The molecule has 1 aromatic rings. The van der Waals surface area contributed by atoms with Crippen molar-refractivity contribution in [2.45, 2.75) is 11.2 Å². The van der Waals surface area contributed by atoms with Crippen LogP contribution in [0.3, 0.4) is 0 Å². The largest absolute Gasteiger partial charge is 0.481 e. The second-order valence-corrected chi connectivity index (χ2v) is 6.07. The number of amides is 1. The Kier molecular flexibility index (Phi) is 7.52. The van der Waals surface area contributed by atoms with E-state index in [9.17, 15) is 22.8 Å². The van der Waals surface area contributed by atoms with Gasteiger partial charge in [-0.2, -0.15) is 13.2 Å². The summed E-state index contributed by atoms with van der Waals surface area (Å²) in [5, 5.41) is 11.3. The zero-order chi connectivity index (χ0) is 16.6. The number of halogens is 3. The van der Waals surface area contributed by atoms with E-state index in [1.54, 1.807) is 0 Å². The number of nitrogens with zero attached hydrogens (tertiary/aromatic N) is 1. The molecule has 2 N–H and O–H groups in total. The minimum absolute atomic E-state index is 0.0277. The lowest BCUT2D eigenvalue weighted by Gasteiger charge is -2.07. The van der Waals surface area contributed by atoms with Gasteiger partial charge in [0, 0.05) is 18.5 Å². The van der Waals surface area contributed by atoms with Crippen LogP contribution in [0.4, 0.5) is 13.2 Å². The number of thioether (sulfide) groups is 2. The van der Waals surface area contributed by atoms with Gasteiger partial charge in [-0.1, -0.05) is 11.8 Å². The fourth-order valence-corrected chi connectivity index (χ4v) is 2.48. The molecule has 1 rings (SSSR count). The summed E-state index contributed by atoms with van der Waals surface area (Å²) >= 11 is 2.21. The molecule has 10 heteroatoms. The zero-order valence-electron chi connectivity index (χ0n) is 11.2. The minimum atomic E-state index is -4.43. The molecule has 1 aromatic heterocycles. The number of nitrogens with one attached hydrogen (secondary N) is 1. The van der Waals surface area contributed by atoms with Crippen molar-refractivity contribution in [2.24, 2.45) is 0 Å². The Morgan fingerprint density at radius 3 is 2.55 bits per heavy atom. The maximum atomic E-state index is 12.3. The average molecular weight is 354 g/mol. The van der Waals surface area contributed by atoms with Gasteiger partial charge >= 0.3 is 12.1 Å². The van der Waals surface area contributed by atoms with E-state index in [-0.39, 0.29) is 17.4 Å². The number of pyridine rings is 1. The molecule has 0 radical (unpaired) electrons. The summed E-state index contributed by atoms with van der Waals surface area (Å²) < 4.78 is 37.0. The molecule has 122 valence electrons. The highest BCUT2D eigenvalue weighted by Gasteiger charge is 2.30. The zero-order valence-corrected chi connectivity index (χ0v) is 12.9. The summed E-state index contributed by atoms with van der Waals surface area (Å²) in [4.78, 5) is 25.4. The molecule has 5 nitrogen and oxygen atoms in total. The fourth-order valence-electron chi connectivity index (χ4n) is 1.25. The Labute approximate surface area is 133 Å². The number of carboxylic acid groups (broad SMARTS) is 1. The number of hydrogen-bond donors (Lipinski definition) is 2. The van der Waals surface area contributed by atoms with Crippen LogP contribution in [0.1, 0.15) is 5.56 Å². The molecule has 0 aliphatic carbocycles. The smallest absolute Gasteiger partial charge is 0.417 e. The van der Waals surface area contributed by atoms with E-state index < -0.39 is 17.7 Å². The number of aromatic nitrogens is 1. The van der Waals surface area contributed by atoms with Crippen LogP contribution in [0, 0.1) is 0 Å². The van der Waals surface area contributed by atoms with Crippen LogP contribution in [0.2, 0.25) is 0 Å². The van der Waals surface area contributed by atoms with Gasteiger partial charge in [0.15, 0.2) is 0 Å². The number of hydrogen-bond acceptors (Lipinski definition) is 5. The van der Waals surface area contributed by atoms with Crippen molar-refractivity contribution in [1.82, 2.24) is 10.3 Å². The first kappa shape index (κ1) is 18.6. The third-order valence-corrected chi connectivity index (χ3v) is 4.10. The van der Waals surface area contributed by atoms with Gasteiger partial charge in [0.1, 0.15) is 0 Å². The second-order valence-electron chi connectivity index (χ2n) is 3.97. The molecule has 0 aromatic carbocycles. The molecule has 0 saturated carbocycles. The van der Waals surface area contributed by atoms with Crippen molar-refractivity contribution in [3.8, 4) is 0 Å². The van der Waals surface area contributed by atoms with Gasteiger partial charge in [0.2, 0.25) is 5.91 Å². The van der Waals surface area contributed by atoms with Gasteiger partial charge in [0.25, 0.3) is 0 Å². The molecule has 0 unspecified atom stereocenters. The minimum Gasteiger partial charge on any atom is -0.481 e. The number of carboxylic acids is 1. The van der Waals surface area contributed by atoms with E-state index in [0.29, 0.717) is 17.3 Å². The van der Waals surface area contributed by atoms with Crippen LogP contribution in [0.5, 0.6) is 0 Å². The van der Waals surface area contributed by atoms with Gasteiger partial charge in [-0.15, -0.1) is 11.8 Å². The lowest BCUT2D eigenvalue weighted by molar-refractivity contribution is -0.138. The lowest BCUT2D eigenvalue weighted by Crippen LogP contribution is -2.27. The first-order valence-corrected chi connectivity index (χ1v) is 8.15. The van der Waals surface area contributed by atoms with Crippen molar-refractivity contribution < 1.29 is 27.9 Å². The standard InChI is InChI=1S/C12H13F3N2O3S2/c13-12(14,15)8-1-2-10(17-5-8)22-6-9(18)16-3-4-21-7-11(19)20/h1-2,5H,3-4,6-7H2,(H,16,18)(H,19,20). The van der Waals surface area contributed by atoms with E-state index in [0.717, 1.165) is 24.0 Å². The summed E-state index contributed by atoms with van der Waals surface area (Å²) in [7, 11) is 0. The van der Waals surface area contributed by atoms with Crippen LogP contribution in [-0.2, 0) is 15.8 Å². The predicted octanol–water partition coefficient (Wildman–Crippen LogP) is 2.13. The Balaban J connectivity index is 2.25. The van der Waals surface area contributed by atoms with Crippen LogP contribution in [-0.4, -0.2) is 45.8 Å². The Morgan fingerprint density at radius 1 is 1.27 bits per heavy atom. The maximum Gasteiger partial charge on any atom is 0.417 e. The number of rotatable bonds is 8. The molecule has 0 bridgehead atoms. The molecule has 0 atom stereocenters. The monoisotopic (exact) mass is 354 g/mol. The van der Waals surface area contributed by atoms with E-state index in [1.165, 1.54) is 17.8 Å². The number of carbonyl (C=O) groups excluding carboxylic acids is 1. The molecule has 1 amide bonds. The molecule has 0 spiro atoms. The summed E-state index contributed by atoms with van der Waals surface area (Å²) in [5.41, 5.74) is -0.836. The number of carbonyl (C=O) groups is 2. The van der Waals surface area contributed by atoms with E-state index >= 15 is 0 Å². The molecular weight excluding hydrogens is 341 g/mol. The summed E-state index contributed by atoms with van der Waals surface area (Å²) in [6.07, 6.45) is -3.70. The molecule has 1 heterocycles. The van der Waals surface area contributed by atoms with Gasteiger partial charge in [-0.25, -0.2) is 4.98 Å². The van der Waals surface area contributed by atoms with Crippen molar-refractivity contribution >= 4 is 35.4 Å². The Morgan fingerprint density at radius 2 is 2.00 bits per heavy atom. The summed E-state index contributed by atoms with van der Waals surface area (Å²) in [6.45, 7) is 0.331. The highest BCUT2D eigenvalue weighted by Crippen LogP contribution is 2.29. The predicted molar refractivity (Wildman–Crippen MR) is 77.9 cm³/mol. The first-order chi connectivity index (χ1) is 10.3. The summed E-state index contributed by atoms with van der Waals surface area (Å²) in [6, 6.07) is 2.12. The Hall–Kier alpha value is -1.42. The Bertz CT molecular complexity index is 509. The number of aliphatic carboxylic acids is 1. The number of alkyl halides is 3. The fraction of sp³-hybridized carbons (Fsp3) is 0.417. The molecule has 0 aliphatic heterocycles. The first-order valence-electron chi connectivity index (χ1n) is 6.01. The van der Waals surface area contributed by atoms with Crippen LogP contribution in [0.15, 0.2) is 23.4 Å². The molecule has 0 saturated heterocycles. The molecule has 0 aliphatic rings. The second kappa shape index (κ2) is 8.89. The van der Waals surface area contributed by atoms with Gasteiger partial charge in [0.05, 0.1) is 22.1 Å². The normalized spacial score (nSPS) is 11.2. The molecule has 0 fully saturated rings. The highest BCUT2D eigenvalue weighted by atomic mass is 32.2. The van der Waals surface area contributed by atoms with E-state index in [4.69, 9.17) is 5.11 Å². The quantitative estimate of drug-likeness (QED) is 0.550. The van der Waals surface area contributed by atoms with E-state index in [2.05, 4.69) is 10.3 Å². The lowest BCUT2D eigenvalue weighted by atomic mass is 10.3. The van der Waals surface area contributed by atoms with Gasteiger partial charge in [-0.05, 0) is 12.1 Å².